The zero-order chi connectivity index (χ0) is 17.6. The number of nitrogens with zero attached hydrogens (tertiary/aromatic N) is 1. The Hall–Kier alpha value is -2.04. The molecule has 0 aromatic heterocycles. The normalized spacial score (nSPS) is 21.2. The molecular formula is C20H28N2O3. The van der Waals surface area contributed by atoms with Gasteiger partial charge in [0.2, 0.25) is 11.8 Å². The molecule has 2 aliphatic rings. The lowest BCUT2D eigenvalue weighted by Crippen LogP contribution is -2.56. The van der Waals surface area contributed by atoms with Gasteiger partial charge in [-0.25, -0.2) is 0 Å². The fourth-order valence-corrected chi connectivity index (χ4v) is 3.79. The largest absolute Gasteiger partial charge is 0.490 e. The van der Waals surface area contributed by atoms with Gasteiger partial charge in [0.05, 0.1) is 6.10 Å². The maximum absolute atomic E-state index is 12.6. The Kier molecular flexibility index (Phi) is 5.95. The lowest BCUT2D eigenvalue weighted by molar-refractivity contribution is -0.143. The van der Waals surface area contributed by atoms with Crippen molar-refractivity contribution >= 4 is 11.8 Å². The van der Waals surface area contributed by atoms with E-state index in [2.05, 4.69) is 5.32 Å². The van der Waals surface area contributed by atoms with Crippen molar-refractivity contribution in [3.8, 4) is 5.75 Å². The van der Waals surface area contributed by atoms with Crippen molar-refractivity contribution in [2.75, 3.05) is 13.1 Å². The number of carbonyl (C=O) groups is 2. The summed E-state index contributed by atoms with van der Waals surface area (Å²) in [6.07, 6.45) is 6.88. The lowest BCUT2D eigenvalue weighted by Gasteiger charge is -2.34. The zero-order valence-corrected chi connectivity index (χ0v) is 15.0. The summed E-state index contributed by atoms with van der Waals surface area (Å²) in [4.78, 5) is 26.2. The van der Waals surface area contributed by atoms with E-state index in [0.717, 1.165) is 24.2 Å². The minimum absolute atomic E-state index is 0.0333. The Morgan fingerprint density at radius 2 is 2.12 bits per heavy atom. The number of benzene rings is 1. The van der Waals surface area contributed by atoms with E-state index in [0.29, 0.717) is 38.5 Å². The van der Waals surface area contributed by atoms with E-state index < -0.39 is 0 Å². The minimum Gasteiger partial charge on any atom is -0.490 e. The first-order chi connectivity index (χ1) is 12.2. The number of hydrogen-bond donors (Lipinski definition) is 1. The molecule has 1 saturated heterocycles. The third kappa shape index (κ3) is 4.53. The van der Waals surface area contributed by atoms with Crippen molar-refractivity contribution in [3.63, 3.8) is 0 Å². The van der Waals surface area contributed by atoms with Crippen molar-refractivity contribution in [3.05, 3.63) is 29.8 Å². The van der Waals surface area contributed by atoms with Gasteiger partial charge in [0.1, 0.15) is 11.8 Å². The van der Waals surface area contributed by atoms with Gasteiger partial charge in [-0.05, 0) is 56.2 Å². The quantitative estimate of drug-likeness (QED) is 0.863. The Balaban J connectivity index is 1.55. The maximum Gasteiger partial charge on any atom is 0.242 e. The number of hydrogen-bond acceptors (Lipinski definition) is 3. The van der Waals surface area contributed by atoms with Crippen LogP contribution in [0.3, 0.4) is 0 Å². The summed E-state index contributed by atoms with van der Waals surface area (Å²) in [6.45, 7) is 3.10. The Labute approximate surface area is 149 Å². The SMILES string of the molecule is CCC1C(=O)NCCN1C(=O)CCc1cccc(OC2CCCC2)c1. The summed E-state index contributed by atoms with van der Waals surface area (Å²) in [6, 6.07) is 7.75. The van der Waals surface area contributed by atoms with E-state index in [-0.39, 0.29) is 17.9 Å². The average molecular weight is 344 g/mol. The second-order valence-electron chi connectivity index (χ2n) is 6.97. The summed E-state index contributed by atoms with van der Waals surface area (Å²) >= 11 is 0. The van der Waals surface area contributed by atoms with Crippen LogP contribution in [-0.2, 0) is 16.0 Å². The van der Waals surface area contributed by atoms with Crippen LogP contribution in [0.15, 0.2) is 24.3 Å². The van der Waals surface area contributed by atoms with E-state index in [1.807, 2.05) is 31.2 Å². The highest BCUT2D eigenvalue weighted by molar-refractivity contribution is 5.88. The van der Waals surface area contributed by atoms with Gasteiger partial charge in [0, 0.05) is 19.5 Å². The molecule has 1 aliphatic heterocycles. The second-order valence-corrected chi connectivity index (χ2v) is 6.97. The molecule has 0 bridgehead atoms. The van der Waals surface area contributed by atoms with Crippen LogP contribution in [0.1, 0.15) is 51.0 Å². The van der Waals surface area contributed by atoms with Gasteiger partial charge >= 0.3 is 0 Å². The van der Waals surface area contributed by atoms with Crippen molar-refractivity contribution in [2.45, 2.75) is 64.0 Å². The first-order valence-electron chi connectivity index (χ1n) is 9.50. The van der Waals surface area contributed by atoms with E-state index in [1.54, 1.807) is 4.90 Å². The predicted octanol–water partition coefficient (Wildman–Crippen LogP) is 2.68. The number of rotatable bonds is 6. The van der Waals surface area contributed by atoms with E-state index in [1.165, 1.54) is 12.8 Å². The summed E-state index contributed by atoms with van der Waals surface area (Å²) < 4.78 is 6.04. The van der Waals surface area contributed by atoms with Crippen molar-refractivity contribution in [2.24, 2.45) is 0 Å². The molecule has 1 heterocycles. The van der Waals surface area contributed by atoms with Gasteiger partial charge in [-0.15, -0.1) is 0 Å². The topological polar surface area (TPSA) is 58.6 Å². The molecule has 0 radical (unpaired) electrons. The molecule has 3 rings (SSSR count). The van der Waals surface area contributed by atoms with E-state index >= 15 is 0 Å². The van der Waals surface area contributed by atoms with Crippen molar-refractivity contribution in [1.82, 2.24) is 10.2 Å². The minimum atomic E-state index is -0.321. The fraction of sp³-hybridized carbons (Fsp3) is 0.600. The molecule has 0 spiro atoms. The molecule has 5 nitrogen and oxygen atoms in total. The molecule has 2 fully saturated rings. The van der Waals surface area contributed by atoms with Crippen LogP contribution < -0.4 is 10.1 Å². The van der Waals surface area contributed by atoms with E-state index in [9.17, 15) is 9.59 Å². The number of nitrogens with one attached hydrogen (secondary N) is 1. The molecule has 1 unspecified atom stereocenters. The van der Waals surface area contributed by atoms with Crippen LogP contribution in [0.2, 0.25) is 0 Å². The number of amides is 2. The summed E-state index contributed by atoms with van der Waals surface area (Å²) in [5, 5.41) is 2.83. The number of ether oxygens (including phenoxy) is 1. The standard InChI is InChI=1S/C20H28N2O3/c1-2-18-20(24)21-12-13-22(18)19(23)11-10-15-6-5-9-17(14-15)25-16-7-3-4-8-16/h5-6,9,14,16,18H,2-4,7-8,10-13H2,1H3,(H,21,24). The molecule has 1 aromatic carbocycles. The fourth-order valence-electron chi connectivity index (χ4n) is 3.79. The van der Waals surface area contributed by atoms with Crippen LogP contribution in [-0.4, -0.2) is 41.9 Å². The van der Waals surface area contributed by atoms with E-state index in [4.69, 9.17) is 4.74 Å². The van der Waals surface area contributed by atoms with Crippen LogP contribution in [0.4, 0.5) is 0 Å². The summed E-state index contributed by atoms with van der Waals surface area (Å²) in [7, 11) is 0. The third-order valence-electron chi connectivity index (χ3n) is 5.17. The lowest BCUT2D eigenvalue weighted by atomic mass is 10.1. The summed E-state index contributed by atoms with van der Waals surface area (Å²) in [5.41, 5.74) is 1.11. The van der Waals surface area contributed by atoms with Gasteiger partial charge in [-0.3, -0.25) is 9.59 Å². The van der Waals surface area contributed by atoms with Crippen LogP contribution in [0.25, 0.3) is 0 Å². The molecule has 2 amide bonds. The second kappa shape index (κ2) is 8.37. The molecule has 1 aromatic rings. The smallest absolute Gasteiger partial charge is 0.242 e. The third-order valence-corrected chi connectivity index (χ3v) is 5.17. The van der Waals surface area contributed by atoms with Crippen molar-refractivity contribution < 1.29 is 14.3 Å². The monoisotopic (exact) mass is 344 g/mol. The van der Waals surface area contributed by atoms with Crippen LogP contribution in [0, 0.1) is 0 Å². The Morgan fingerprint density at radius 1 is 1.32 bits per heavy atom. The van der Waals surface area contributed by atoms with Gasteiger partial charge < -0.3 is 15.0 Å². The first-order valence-corrected chi connectivity index (χ1v) is 9.50. The highest BCUT2D eigenvalue weighted by Gasteiger charge is 2.31. The average Bonchev–Trinajstić information content (AvgIpc) is 3.13. The molecule has 1 atom stereocenters. The number of aryl methyl sites for hydroxylation is 1. The molecular weight excluding hydrogens is 316 g/mol. The van der Waals surface area contributed by atoms with Crippen LogP contribution in [0.5, 0.6) is 5.75 Å². The molecule has 1 aliphatic carbocycles. The molecule has 1 saturated carbocycles. The number of piperazine rings is 1. The Morgan fingerprint density at radius 3 is 2.88 bits per heavy atom. The molecule has 136 valence electrons. The number of carbonyl (C=O) groups excluding carboxylic acids is 2. The summed E-state index contributed by atoms with van der Waals surface area (Å²) in [5.74, 6) is 0.929. The van der Waals surface area contributed by atoms with Gasteiger partial charge in [-0.2, -0.15) is 0 Å². The van der Waals surface area contributed by atoms with Gasteiger partial charge in [-0.1, -0.05) is 19.1 Å². The molecule has 1 N–H and O–H groups in total. The molecule has 25 heavy (non-hydrogen) atoms. The highest BCUT2D eigenvalue weighted by atomic mass is 16.5. The van der Waals surface area contributed by atoms with Gasteiger partial charge in [0.25, 0.3) is 0 Å². The zero-order valence-electron chi connectivity index (χ0n) is 15.0. The van der Waals surface area contributed by atoms with Crippen LogP contribution >= 0.6 is 0 Å². The Bertz CT molecular complexity index is 611. The van der Waals surface area contributed by atoms with Crippen molar-refractivity contribution in [1.29, 1.82) is 0 Å². The highest BCUT2D eigenvalue weighted by Crippen LogP contribution is 2.25. The molecule has 5 heteroatoms. The predicted molar refractivity (Wildman–Crippen MR) is 96.4 cm³/mol. The maximum atomic E-state index is 12.6. The first kappa shape index (κ1) is 17.8. The van der Waals surface area contributed by atoms with Gasteiger partial charge in [0.15, 0.2) is 0 Å².